The minimum atomic E-state index is 0.248. The lowest BCUT2D eigenvalue weighted by molar-refractivity contribution is 0.564. The molecule has 0 amide bonds. The standard InChI is InChI=1S/C8H5N3O2/c1-6-2-8(11-5-13)9-3-7(6)10-4-12/h2-3H,1H3. The first-order valence-electron chi connectivity index (χ1n) is 3.40. The minimum absolute atomic E-state index is 0.248. The maximum atomic E-state index is 9.93. The van der Waals surface area contributed by atoms with Gasteiger partial charge in [0.05, 0.1) is 11.9 Å². The second kappa shape index (κ2) is 4.07. The van der Waals surface area contributed by atoms with Crippen LogP contribution < -0.4 is 0 Å². The number of nitrogens with zero attached hydrogens (tertiary/aromatic N) is 3. The van der Waals surface area contributed by atoms with Gasteiger partial charge < -0.3 is 0 Å². The van der Waals surface area contributed by atoms with Crippen molar-refractivity contribution < 1.29 is 9.59 Å². The number of hydrogen-bond donors (Lipinski definition) is 0. The van der Waals surface area contributed by atoms with Gasteiger partial charge in [-0.15, -0.1) is 4.99 Å². The average molecular weight is 175 g/mol. The molecule has 0 aliphatic carbocycles. The molecule has 0 saturated carbocycles. The molecule has 1 aromatic heterocycles. The van der Waals surface area contributed by atoms with Gasteiger partial charge in [0.1, 0.15) is 0 Å². The molecule has 0 unspecified atom stereocenters. The Hall–Kier alpha value is -2.09. The van der Waals surface area contributed by atoms with E-state index in [1.54, 1.807) is 6.92 Å². The van der Waals surface area contributed by atoms with Crippen molar-refractivity contribution in [1.82, 2.24) is 4.98 Å². The van der Waals surface area contributed by atoms with E-state index in [1.165, 1.54) is 24.4 Å². The summed E-state index contributed by atoms with van der Waals surface area (Å²) in [6.45, 7) is 1.72. The number of aryl methyl sites for hydroxylation is 1. The van der Waals surface area contributed by atoms with E-state index in [2.05, 4.69) is 15.0 Å². The Bertz CT molecular complexity index is 415. The van der Waals surface area contributed by atoms with Gasteiger partial charge in [-0.3, -0.25) is 0 Å². The highest BCUT2D eigenvalue weighted by Gasteiger charge is 1.98. The fourth-order valence-electron chi connectivity index (χ4n) is 0.808. The molecule has 0 aromatic carbocycles. The third-order valence-electron chi connectivity index (χ3n) is 1.40. The van der Waals surface area contributed by atoms with Crippen molar-refractivity contribution in [1.29, 1.82) is 0 Å². The minimum Gasteiger partial charge on any atom is -0.234 e. The summed E-state index contributed by atoms with van der Waals surface area (Å²) in [6, 6.07) is 1.53. The van der Waals surface area contributed by atoms with Gasteiger partial charge in [0.2, 0.25) is 12.2 Å². The molecule has 0 aliphatic heterocycles. The number of rotatable bonds is 2. The summed E-state index contributed by atoms with van der Waals surface area (Å²) in [7, 11) is 0. The summed E-state index contributed by atoms with van der Waals surface area (Å²) >= 11 is 0. The van der Waals surface area contributed by atoms with Crippen LogP contribution in [-0.2, 0) is 9.59 Å². The van der Waals surface area contributed by atoms with E-state index in [0.29, 0.717) is 11.3 Å². The average Bonchev–Trinajstić information content (AvgIpc) is 2.10. The lowest BCUT2D eigenvalue weighted by atomic mass is 10.2. The molecule has 0 atom stereocenters. The Balaban J connectivity index is 3.19. The van der Waals surface area contributed by atoms with Crippen LogP contribution in [0.15, 0.2) is 22.2 Å². The number of pyridine rings is 1. The molecule has 0 saturated heterocycles. The molecular formula is C8H5N3O2. The van der Waals surface area contributed by atoms with E-state index in [9.17, 15) is 9.59 Å². The predicted octanol–water partition coefficient (Wildman–Crippen LogP) is 1.32. The Morgan fingerprint density at radius 1 is 1.31 bits per heavy atom. The summed E-state index contributed by atoms with van der Waals surface area (Å²) in [4.78, 5) is 30.3. The third-order valence-corrected chi connectivity index (χ3v) is 1.40. The molecule has 1 aromatic rings. The van der Waals surface area contributed by atoms with E-state index >= 15 is 0 Å². The maximum absolute atomic E-state index is 9.93. The fourth-order valence-corrected chi connectivity index (χ4v) is 0.808. The highest BCUT2D eigenvalue weighted by Crippen LogP contribution is 2.19. The van der Waals surface area contributed by atoms with Crippen LogP contribution in [0.1, 0.15) is 5.56 Å². The van der Waals surface area contributed by atoms with Gasteiger partial charge in [-0.25, -0.2) is 14.6 Å². The Kier molecular flexibility index (Phi) is 2.82. The van der Waals surface area contributed by atoms with Crippen LogP contribution in [0.5, 0.6) is 0 Å². The fraction of sp³-hybridized carbons (Fsp3) is 0.125. The van der Waals surface area contributed by atoms with Crippen LogP contribution in [0.4, 0.5) is 11.5 Å². The van der Waals surface area contributed by atoms with Crippen LogP contribution >= 0.6 is 0 Å². The maximum Gasteiger partial charge on any atom is 0.242 e. The normalized spacial score (nSPS) is 8.38. The van der Waals surface area contributed by atoms with Crippen molar-refractivity contribution in [2.24, 2.45) is 9.98 Å². The molecule has 64 valence electrons. The van der Waals surface area contributed by atoms with Gasteiger partial charge in [0, 0.05) is 0 Å². The molecule has 1 heterocycles. The van der Waals surface area contributed by atoms with Crippen LogP contribution in [0, 0.1) is 6.92 Å². The lowest BCUT2D eigenvalue weighted by Gasteiger charge is -1.96. The first kappa shape index (κ1) is 9.00. The first-order valence-corrected chi connectivity index (χ1v) is 3.40. The number of aromatic nitrogens is 1. The summed E-state index contributed by atoms with van der Waals surface area (Å²) in [5.74, 6) is 0.248. The van der Waals surface area contributed by atoms with Gasteiger partial charge in [0.25, 0.3) is 0 Å². The topological polar surface area (TPSA) is 71.8 Å². The van der Waals surface area contributed by atoms with Crippen LogP contribution in [0.25, 0.3) is 0 Å². The van der Waals surface area contributed by atoms with E-state index < -0.39 is 0 Å². The van der Waals surface area contributed by atoms with E-state index in [0.717, 1.165) is 0 Å². The summed E-state index contributed by atoms with van der Waals surface area (Å²) in [5.41, 5.74) is 1.12. The van der Waals surface area contributed by atoms with Crippen molar-refractivity contribution in [3.8, 4) is 0 Å². The van der Waals surface area contributed by atoms with Crippen LogP contribution in [0.3, 0.4) is 0 Å². The summed E-state index contributed by atoms with van der Waals surface area (Å²) in [5, 5.41) is 0. The highest BCUT2D eigenvalue weighted by atomic mass is 16.1. The molecule has 5 nitrogen and oxygen atoms in total. The van der Waals surface area contributed by atoms with Gasteiger partial charge in [-0.05, 0) is 18.6 Å². The molecular weight excluding hydrogens is 170 g/mol. The van der Waals surface area contributed by atoms with E-state index in [4.69, 9.17) is 0 Å². The smallest absolute Gasteiger partial charge is 0.234 e. The lowest BCUT2D eigenvalue weighted by Crippen LogP contribution is -1.78. The molecule has 5 heteroatoms. The number of hydrogen-bond acceptors (Lipinski definition) is 5. The van der Waals surface area contributed by atoms with Crippen molar-refractivity contribution in [3.05, 3.63) is 17.8 Å². The number of aliphatic imine (C=N–C) groups is 2. The monoisotopic (exact) mass is 175 g/mol. The first-order chi connectivity index (χ1) is 6.27. The molecule has 1 rings (SSSR count). The van der Waals surface area contributed by atoms with Crippen LogP contribution in [0.2, 0.25) is 0 Å². The summed E-state index contributed by atoms with van der Waals surface area (Å²) < 4.78 is 0. The molecule has 0 bridgehead atoms. The molecule has 0 N–H and O–H groups in total. The van der Waals surface area contributed by atoms with Crippen molar-refractivity contribution in [2.45, 2.75) is 6.92 Å². The van der Waals surface area contributed by atoms with Gasteiger partial charge in [-0.1, -0.05) is 0 Å². The largest absolute Gasteiger partial charge is 0.242 e. The van der Waals surface area contributed by atoms with Gasteiger partial charge in [0.15, 0.2) is 5.82 Å². The summed E-state index contributed by atoms with van der Waals surface area (Å²) in [6.07, 6.45) is 4.11. The van der Waals surface area contributed by atoms with Crippen molar-refractivity contribution in [3.63, 3.8) is 0 Å². The molecule has 0 aliphatic rings. The number of carbonyl (C=O) groups excluding carboxylic acids is 2. The third kappa shape index (κ3) is 2.17. The van der Waals surface area contributed by atoms with Gasteiger partial charge >= 0.3 is 0 Å². The zero-order valence-electron chi connectivity index (χ0n) is 6.81. The molecule has 0 radical (unpaired) electrons. The highest BCUT2D eigenvalue weighted by molar-refractivity contribution is 5.56. The quantitative estimate of drug-likeness (QED) is 0.502. The van der Waals surface area contributed by atoms with E-state index in [1.807, 2.05) is 0 Å². The second-order valence-corrected chi connectivity index (χ2v) is 2.24. The van der Waals surface area contributed by atoms with Crippen molar-refractivity contribution in [2.75, 3.05) is 0 Å². The zero-order valence-corrected chi connectivity index (χ0v) is 6.81. The Labute approximate surface area is 73.9 Å². The molecule has 0 spiro atoms. The molecule has 0 fully saturated rings. The molecule has 13 heavy (non-hydrogen) atoms. The Morgan fingerprint density at radius 3 is 2.54 bits per heavy atom. The number of isocyanates is 2. The van der Waals surface area contributed by atoms with Crippen LogP contribution in [-0.4, -0.2) is 17.1 Å². The SMILES string of the molecule is Cc1cc(N=C=O)ncc1N=C=O. The van der Waals surface area contributed by atoms with Crippen molar-refractivity contribution >= 4 is 23.7 Å². The Morgan fingerprint density at radius 2 is 2.00 bits per heavy atom. The van der Waals surface area contributed by atoms with Gasteiger partial charge in [-0.2, -0.15) is 4.99 Å². The predicted molar refractivity (Wildman–Crippen MR) is 44.5 cm³/mol. The second-order valence-electron chi connectivity index (χ2n) is 2.24. The van der Waals surface area contributed by atoms with E-state index in [-0.39, 0.29) is 5.82 Å². The zero-order chi connectivity index (χ0) is 9.68.